The molecule has 1 aliphatic rings. The molecule has 5 rings (SSSR count). The van der Waals surface area contributed by atoms with Crippen LogP contribution < -0.4 is 9.47 Å². The van der Waals surface area contributed by atoms with Gasteiger partial charge in [0.15, 0.2) is 11.5 Å². The quantitative estimate of drug-likeness (QED) is 0.315. The molecule has 1 atom stereocenters. The van der Waals surface area contributed by atoms with Crippen molar-refractivity contribution in [2.24, 2.45) is 0 Å². The van der Waals surface area contributed by atoms with Crippen molar-refractivity contribution in [1.82, 2.24) is 15.1 Å². The number of fused-ring (bicyclic) bond motifs is 1. The maximum Gasteiger partial charge on any atom is 0.273 e. The van der Waals surface area contributed by atoms with Crippen LogP contribution in [0.15, 0.2) is 60.7 Å². The number of H-pyrrole nitrogens is 1. The fraction of sp³-hybridized carbons (Fsp3) is 0.185. The van der Waals surface area contributed by atoms with Gasteiger partial charge in [0.25, 0.3) is 5.91 Å². The topological polar surface area (TPSA) is 87.7 Å². The molecule has 4 aromatic rings. The van der Waals surface area contributed by atoms with E-state index in [1.807, 2.05) is 30.3 Å². The largest absolute Gasteiger partial charge is 0.507 e. The van der Waals surface area contributed by atoms with Crippen molar-refractivity contribution in [2.45, 2.75) is 12.5 Å². The lowest BCUT2D eigenvalue weighted by atomic mass is 9.95. The summed E-state index contributed by atoms with van der Waals surface area (Å²) in [6, 6.07) is 17.4. The molecule has 9 heteroatoms. The Morgan fingerprint density at radius 1 is 0.972 bits per heavy atom. The van der Waals surface area contributed by atoms with Crippen molar-refractivity contribution in [1.29, 1.82) is 0 Å². The summed E-state index contributed by atoms with van der Waals surface area (Å²) in [6.45, 7) is 0.436. The van der Waals surface area contributed by atoms with Gasteiger partial charge >= 0.3 is 0 Å². The number of nitrogens with zero attached hydrogens (tertiary/aromatic N) is 2. The Hall–Kier alpha value is -3.68. The standard InChI is InChI=1S/C27H23Cl2N3O4/c1-35-21-10-3-15(13-22(21)36-2)11-12-32-26(16-4-6-17(28)7-5-16)23-24(30-31-25(23)27(32)34)19-14-18(29)8-9-20(19)33/h3-10,13-14,26,33H,11-12H2,1-2H3,(H,30,31). The second kappa shape index (κ2) is 9.76. The van der Waals surface area contributed by atoms with Gasteiger partial charge in [0.2, 0.25) is 0 Å². The number of methoxy groups -OCH3 is 2. The van der Waals surface area contributed by atoms with Gasteiger partial charge in [-0.05, 0) is 60.0 Å². The summed E-state index contributed by atoms with van der Waals surface area (Å²) < 4.78 is 10.8. The number of halogens is 2. The molecule has 36 heavy (non-hydrogen) atoms. The number of aromatic nitrogens is 2. The summed E-state index contributed by atoms with van der Waals surface area (Å²) in [4.78, 5) is 15.4. The lowest BCUT2D eigenvalue weighted by molar-refractivity contribution is 0.0746. The zero-order chi connectivity index (χ0) is 25.4. The van der Waals surface area contributed by atoms with Crippen LogP contribution in [0.1, 0.15) is 33.2 Å². The van der Waals surface area contributed by atoms with Crippen LogP contribution in [0.2, 0.25) is 10.0 Å². The number of amides is 1. The monoisotopic (exact) mass is 523 g/mol. The maximum absolute atomic E-state index is 13.6. The number of hydrogen-bond donors (Lipinski definition) is 2. The third-order valence-electron chi connectivity index (χ3n) is 6.35. The first-order chi connectivity index (χ1) is 17.4. The number of benzene rings is 3. The molecule has 0 aliphatic carbocycles. The summed E-state index contributed by atoms with van der Waals surface area (Å²) >= 11 is 12.4. The van der Waals surface area contributed by atoms with Crippen molar-refractivity contribution in [3.8, 4) is 28.5 Å². The van der Waals surface area contributed by atoms with E-state index in [0.717, 1.165) is 11.1 Å². The minimum atomic E-state index is -0.433. The van der Waals surface area contributed by atoms with Crippen molar-refractivity contribution >= 4 is 29.1 Å². The molecule has 1 amide bonds. The van der Waals surface area contributed by atoms with Crippen LogP contribution in [0.5, 0.6) is 17.2 Å². The van der Waals surface area contributed by atoms with Gasteiger partial charge in [0, 0.05) is 27.7 Å². The van der Waals surface area contributed by atoms with Gasteiger partial charge in [0.05, 0.1) is 20.3 Å². The second-order valence-corrected chi connectivity index (χ2v) is 9.29. The zero-order valence-corrected chi connectivity index (χ0v) is 21.1. The molecular formula is C27H23Cl2N3O4. The normalized spacial score (nSPS) is 14.7. The Bertz CT molecular complexity index is 1440. The molecule has 0 spiro atoms. The average molecular weight is 524 g/mol. The molecule has 3 aromatic carbocycles. The number of aromatic amines is 1. The number of nitrogens with one attached hydrogen (secondary N) is 1. The van der Waals surface area contributed by atoms with Gasteiger partial charge in [-0.1, -0.05) is 41.4 Å². The van der Waals surface area contributed by atoms with Crippen LogP contribution in [0.3, 0.4) is 0 Å². The molecule has 2 N–H and O–H groups in total. The number of ether oxygens (including phenoxy) is 2. The third-order valence-corrected chi connectivity index (χ3v) is 6.84. The Morgan fingerprint density at radius 2 is 1.69 bits per heavy atom. The van der Waals surface area contributed by atoms with Gasteiger partial charge in [-0.15, -0.1) is 0 Å². The number of phenolic OH excluding ortho intramolecular Hbond substituents is 1. The van der Waals surface area contributed by atoms with E-state index in [1.54, 1.807) is 43.4 Å². The zero-order valence-electron chi connectivity index (χ0n) is 19.6. The summed E-state index contributed by atoms with van der Waals surface area (Å²) in [6.07, 6.45) is 0.589. The second-order valence-electron chi connectivity index (χ2n) is 8.41. The van der Waals surface area contributed by atoms with Crippen LogP contribution in [0.25, 0.3) is 11.3 Å². The minimum absolute atomic E-state index is 0.0276. The highest BCUT2D eigenvalue weighted by molar-refractivity contribution is 6.31. The molecule has 1 aliphatic heterocycles. The lowest BCUT2D eigenvalue weighted by Gasteiger charge is -2.26. The summed E-state index contributed by atoms with van der Waals surface area (Å²) in [5.41, 5.74) is 3.88. The molecule has 0 saturated heterocycles. The number of hydrogen-bond acceptors (Lipinski definition) is 5. The fourth-order valence-electron chi connectivity index (χ4n) is 4.61. The van der Waals surface area contributed by atoms with Crippen molar-refractivity contribution < 1.29 is 19.4 Å². The third kappa shape index (κ3) is 4.25. The maximum atomic E-state index is 13.6. The van der Waals surface area contributed by atoms with Gasteiger partial charge in [-0.25, -0.2) is 0 Å². The number of phenols is 1. The molecule has 0 fully saturated rings. The summed E-state index contributed by atoms with van der Waals surface area (Å²) in [5.74, 6) is 1.13. The average Bonchev–Trinajstić information content (AvgIpc) is 3.43. The van der Waals surface area contributed by atoms with Crippen molar-refractivity contribution in [3.05, 3.63) is 93.1 Å². The first-order valence-corrected chi connectivity index (χ1v) is 12.0. The van der Waals surface area contributed by atoms with E-state index in [0.29, 0.717) is 57.0 Å². The Balaban J connectivity index is 1.55. The van der Waals surface area contributed by atoms with Gasteiger partial charge in [-0.3, -0.25) is 9.89 Å². The molecule has 1 aromatic heterocycles. The van der Waals surface area contributed by atoms with Gasteiger partial charge in [-0.2, -0.15) is 5.10 Å². The summed E-state index contributed by atoms with van der Waals surface area (Å²) in [7, 11) is 3.18. The number of rotatable bonds is 7. The van der Waals surface area contributed by atoms with Gasteiger partial charge in [0.1, 0.15) is 17.1 Å². The molecule has 0 saturated carbocycles. The van der Waals surface area contributed by atoms with E-state index in [2.05, 4.69) is 10.2 Å². The molecule has 0 radical (unpaired) electrons. The predicted molar refractivity (Wildman–Crippen MR) is 138 cm³/mol. The van der Waals surface area contributed by atoms with E-state index < -0.39 is 6.04 Å². The van der Waals surface area contributed by atoms with E-state index in [4.69, 9.17) is 32.7 Å². The fourth-order valence-corrected chi connectivity index (χ4v) is 4.91. The van der Waals surface area contributed by atoms with Crippen LogP contribution in [0.4, 0.5) is 0 Å². The first kappa shape index (κ1) is 24.0. The highest BCUT2D eigenvalue weighted by atomic mass is 35.5. The molecule has 184 valence electrons. The Kier molecular flexibility index (Phi) is 6.51. The number of carbonyl (C=O) groups is 1. The molecule has 0 bridgehead atoms. The van der Waals surface area contributed by atoms with E-state index >= 15 is 0 Å². The predicted octanol–water partition coefficient (Wildman–Crippen LogP) is 5.89. The van der Waals surface area contributed by atoms with Crippen LogP contribution in [-0.2, 0) is 6.42 Å². The van der Waals surface area contributed by atoms with Crippen LogP contribution in [0, 0.1) is 0 Å². The van der Waals surface area contributed by atoms with E-state index in [1.165, 1.54) is 6.07 Å². The molecule has 1 unspecified atom stereocenters. The smallest absolute Gasteiger partial charge is 0.273 e. The molecule has 7 nitrogen and oxygen atoms in total. The van der Waals surface area contributed by atoms with E-state index in [9.17, 15) is 9.90 Å². The van der Waals surface area contributed by atoms with Gasteiger partial charge < -0.3 is 19.5 Å². The minimum Gasteiger partial charge on any atom is -0.507 e. The van der Waals surface area contributed by atoms with Crippen molar-refractivity contribution in [3.63, 3.8) is 0 Å². The first-order valence-electron chi connectivity index (χ1n) is 11.3. The van der Waals surface area contributed by atoms with Crippen LogP contribution in [-0.4, -0.2) is 46.9 Å². The number of aromatic hydroxyl groups is 1. The highest BCUT2D eigenvalue weighted by Gasteiger charge is 2.42. The Morgan fingerprint density at radius 3 is 2.42 bits per heavy atom. The highest BCUT2D eigenvalue weighted by Crippen LogP contribution is 2.45. The SMILES string of the molecule is COc1ccc(CCN2C(=O)c3[nH]nc(-c4cc(Cl)ccc4O)c3C2c2ccc(Cl)cc2)cc1OC. The van der Waals surface area contributed by atoms with Crippen LogP contribution >= 0.6 is 23.2 Å². The lowest BCUT2D eigenvalue weighted by Crippen LogP contribution is -2.31. The summed E-state index contributed by atoms with van der Waals surface area (Å²) in [5, 5.41) is 18.9. The molecular weight excluding hydrogens is 501 g/mol. The van der Waals surface area contributed by atoms with E-state index in [-0.39, 0.29) is 11.7 Å². The Labute approximate surface area is 218 Å². The van der Waals surface area contributed by atoms with Crippen molar-refractivity contribution in [2.75, 3.05) is 20.8 Å². The number of carbonyl (C=O) groups excluding carboxylic acids is 1. The molecule has 2 heterocycles.